The molecule has 0 unspecified atom stereocenters. The number of rotatable bonds is 1. The second-order valence-corrected chi connectivity index (χ2v) is 3.76. The fourth-order valence-electron chi connectivity index (χ4n) is 1.72. The van der Waals surface area contributed by atoms with Crippen LogP contribution in [0.3, 0.4) is 0 Å². The van der Waals surface area contributed by atoms with Gasteiger partial charge < -0.3 is 0 Å². The van der Waals surface area contributed by atoms with Gasteiger partial charge in [0.15, 0.2) is 0 Å². The molecule has 0 aromatic rings. The van der Waals surface area contributed by atoms with Crippen molar-refractivity contribution >= 4 is 12.6 Å². The van der Waals surface area contributed by atoms with Crippen LogP contribution in [0.4, 0.5) is 0 Å². The number of hydrogen-bond acceptors (Lipinski definition) is 1. The SMILES string of the molecule is SCC1CCCCCCC1. The Balaban J connectivity index is 2.16. The van der Waals surface area contributed by atoms with Gasteiger partial charge in [-0.25, -0.2) is 0 Å². The van der Waals surface area contributed by atoms with Gasteiger partial charge in [-0.1, -0.05) is 32.1 Å². The van der Waals surface area contributed by atoms with Crippen molar-refractivity contribution in [1.29, 1.82) is 0 Å². The fourth-order valence-corrected chi connectivity index (χ4v) is 2.09. The second-order valence-electron chi connectivity index (χ2n) is 3.39. The van der Waals surface area contributed by atoms with Gasteiger partial charge in [-0.05, 0) is 24.5 Å². The highest BCUT2D eigenvalue weighted by atomic mass is 32.1. The average molecular weight is 158 g/mol. The van der Waals surface area contributed by atoms with Crippen molar-refractivity contribution in [2.75, 3.05) is 5.75 Å². The van der Waals surface area contributed by atoms with E-state index in [0.29, 0.717) is 0 Å². The van der Waals surface area contributed by atoms with Crippen molar-refractivity contribution < 1.29 is 0 Å². The predicted molar refractivity (Wildman–Crippen MR) is 49.7 cm³/mol. The van der Waals surface area contributed by atoms with Crippen LogP contribution in [0.5, 0.6) is 0 Å². The highest BCUT2D eigenvalue weighted by Gasteiger charge is 2.08. The van der Waals surface area contributed by atoms with Crippen LogP contribution in [-0.2, 0) is 0 Å². The average Bonchev–Trinajstić information content (AvgIpc) is 1.87. The lowest BCUT2D eigenvalue weighted by Gasteiger charge is -2.16. The first kappa shape index (κ1) is 8.45. The van der Waals surface area contributed by atoms with E-state index < -0.39 is 0 Å². The van der Waals surface area contributed by atoms with Crippen LogP contribution in [0.2, 0.25) is 0 Å². The van der Waals surface area contributed by atoms with E-state index in [1.165, 1.54) is 44.9 Å². The zero-order valence-corrected chi connectivity index (χ0v) is 7.58. The van der Waals surface area contributed by atoms with Gasteiger partial charge in [0.05, 0.1) is 0 Å². The minimum absolute atomic E-state index is 0.934. The molecule has 0 atom stereocenters. The van der Waals surface area contributed by atoms with Gasteiger partial charge in [-0.15, -0.1) is 0 Å². The molecule has 0 nitrogen and oxygen atoms in total. The third kappa shape index (κ3) is 2.96. The lowest BCUT2D eigenvalue weighted by atomic mass is 9.93. The van der Waals surface area contributed by atoms with E-state index in [1.54, 1.807) is 0 Å². The zero-order valence-electron chi connectivity index (χ0n) is 6.68. The molecular formula is C9H18S. The Kier molecular flexibility index (Phi) is 4.27. The Morgan fingerprint density at radius 1 is 0.900 bits per heavy atom. The van der Waals surface area contributed by atoms with Gasteiger partial charge in [0, 0.05) is 0 Å². The summed E-state index contributed by atoms with van der Waals surface area (Å²) in [7, 11) is 0. The Morgan fingerprint density at radius 2 is 1.40 bits per heavy atom. The van der Waals surface area contributed by atoms with Crippen LogP contribution in [-0.4, -0.2) is 5.75 Å². The molecule has 0 aliphatic heterocycles. The summed E-state index contributed by atoms with van der Waals surface area (Å²) < 4.78 is 0. The molecule has 0 bridgehead atoms. The van der Waals surface area contributed by atoms with Gasteiger partial charge in [-0.3, -0.25) is 0 Å². The zero-order chi connectivity index (χ0) is 7.23. The first-order valence-corrected chi connectivity index (χ1v) is 5.17. The van der Waals surface area contributed by atoms with Crippen molar-refractivity contribution in [3.8, 4) is 0 Å². The summed E-state index contributed by atoms with van der Waals surface area (Å²) in [5, 5.41) is 0. The van der Waals surface area contributed by atoms with E-state index >= 15 is 0 Å². The van der Waals surface area contributed by atoms with E-state index in [9.17, 15) is 0 Å². The minimum atomic E-state index is 0.934. The van der Waals surface area contributed by atoms with Gasteiger partial charge >= 0.3 is 0 Å². The van der Waals surface area contributed by atoms with Gasteiger partial charge in [0.1, 0.15) is 0 Å². The quantitative estimate of drug-likeness (QED) is 0.556. The molecule has 0 radical (unpaired) electrons. The van der Waals surface area contributed by atoms with E-state index in [1.807, 2.05) is 0 Å². The maximum atomic E-state index is 4.35. The van der Waals surface area contributed by atoms with Crippen molar-refractivity contribution in [3.05, 3.63) is 0 Å². The first-order valence-electron chi connectivity index (χ1n) is 4.54. The molecule has 0 aromatic carbocycles. The van der Waals surface area contributed by atoms with Gasteiger partial charge in [-0.2, -0.15) is 12.6 Å². The lowest BCUT2D eigenvalue weighted by Crippen LogP contribution is -2.04. The predicted octanol–water partition coefficient (Wildman–Crippen LogP) is 3.28. The third-order valence-corrected chi connectivity index (χ3v) is 3.00. The highest BCUT2D eigenvalue weighted by Crippen LogP contribution is 2.22. The summed E-state index contributed by atoms with van der Waals surface area (Å²) in [6.45, 7) is 0. The molecule has 10 heavy (non-hydrogen) atoms. The molecule has 1 aliphatic rings. The molecule has 0 saturated heterocycles. The molecule has 0 heterocycles. The Hall–Kier alpha value is 0.350. The van der Waals surface area contributed by atoms with Crippen LogP contribution < -0.4 is 0 Å². The molecule has 0 amide bonds. The maximum Gasteiger partial charge on any atom is -0.00695 e. The van der Waals surface area contributed by atoms with Crippen LogP contribution in [0.25, 0.3) is 0 Å². The van der Waals surface area contributed by atoms with E-state index in [4.69, 9.17) is 0 Å². The van der Waals surface area contributed by atoms with Crippen LogP contribution >= 0.6 is 12.6 Å². The van der Waals surface area contributed by atoms with Gasteiger partial charge in [0.2, 0.25) is 0 Å². The summed E-state index contributed by atoms with van der Waals surface area (Å²) in [6.07, 6.45) is 10.2. The van der Waals surface area contributed by atoms with Crippen molar-refractivity contribution in [2.24, 2.45) is 5.92 Å². The molecule has 1 aliphatic carbocycles. The highest BCUT2D eigenvalue weighted by molar-refractivity contribution is 7.80. The monoisotopic (exact) mass is 158 g/mol. The summed E-state index contributed by atoms with van der Waals surface area (Å²) >= 11 is 4.35. The molecule has 0 spiro atoms. The molecule has 1 saturated carbocycles. The maximum absolute atomic E-state index is 4.35. The largest absolute Gasteiger partial charge is 0.179 e. The van der Waals surface area contributed by atoms with E-state index in [2.05, 4.69) is 12.6 Å². The minimum Gasteiger partial charge on any atom is -0.179 e. The van der Waals surface area contributed by atoms with Crippen LogP contribution in [0.15, 0.2) is 0 Å². The number of hydrogen-bond donors (Lipinski definition) is 1. The van der Waals surface area contributed by atoms with E-state index in [-0.39, 0.29) is 0 Å². The molecular weight excluding hydrogens is 140 g/mol. The molecule has 60 valence electrons. The molecule has 0 N–H and O–H groups in total. The normalized spacial score (nSPS) is 23.7. The Morgan fingerprint density at radius 3 is 1.90 bits per heavy atom. The lowest BCUT2D eigenvalue weighted by molar-refractivity contribution is 0.410. The summed E-state index contributed by atoms with van der Waals surface area (Å²) in [4.78, 5) is 0. The Labute approximate surface area is 69.8 Å². The molecule has 0 aromatic heterocycles. The molecule has 1 rings (SSSR count). The van der Waals surface area contributed by atoms with Crippen LogP contribution in [0.1, 0.15) is 44.9 Å². The first-order chi connectivity index (χ1) is 4.93. The van der Waals surface area contributed by atoms with Gasteiger partial charge in [0.25, 0.3) is 0 Å². The third-order valence-electron chi connectivity index (χ3n) is 2.48. The summed E-state index contributed by atoms with van der Waals surface area (Å²) in [5.74, 6) is 2.05. The van der Waals surface area contributed by atoms with Crippen molar-refractivity contribution in [3.63, 3.8) is 0 Å². The standard InChI is InChI=1S/C9H18S/c10-8-9-6-4-2-1-3-5-7-9/h9-10H,1-8H2. The summed E-state index contributed by atoms with van der Waals surface area (Å²) in [5.41, 5.74) is 0. The summed E-state index contributed by atoms with van der Waals surface area (Å²) in [6, 6.07) is 0. The van der Waals surface area contributed by atoms with E-state index in [0.717, 1.165) is 11.7 Å². The smallest absolute Gasteiger partial charge is 0.00695 e. The fraction of sp³-hybridized carbons (Fsp3) is 1.00. The van der Waals surface area contributed by atoms with Crippen LogP contribution in [0, 0.1) is 5.92 Å². The topological polar surface area (TPSA) is 0 Å². The molecule has 1 heteroatoms. The van der Waals surface area contributed by atoms with Crippen molar-refractivity contribution in [1.82, 2.24) is 0 Å². The molecule has 1 fully saturated rings. The van der Waals surface area contributed by atoms with Crippen molar-refractivity contribution in [2.45, 2.75) is 44.9 Å². The second kappa shape index (κ2) is 5.06. The Bertz CT molecular complexity index is 72.8. The number of thiol groups is 1.